The molecule has 37 heavy (non-hydrogen) atoms. The topological polar surface area (TPSA) is 94.5 Å². The maximum atomic E-state index is 13.3. The molecule has 0 saturated carbocycles. The molecule has 5 rings (SSSR count). The van der Waals surface area contributed by atoms with Crippen LogP contribution >= 0.6 is 0 Å². The highest BCUT2D eigenvalue weighted by atomic mass is 16.6. The Labute approximate surface area is 216 Å². The molecule has 0 spiro atoms. The van der Waals surface area contributed by atoms with Gasteiger partial charge in [-0.05, 0) is 55.2 Å². The zero-order valence-electron chi connectivity index (χ0n) is 21.1. The van der Waals surface area contributed by atoms with E-state index in [2.05, 4.69) is 6.92 Å². The quantitative estimate of drug-likeness (QED) is 0.229. The van der Waals surface area contributed by atoms with Gasteiger partial charge in [-0.3, -0.25) is 9.59 Å². The third kappa shape index (κ3) is 5.30. The minimum absolute atomic E-state index is 0.0521. The van der Waals surface area contributed by atoms with Crippen molar-refractivity contribution in [2.75, 3.05) is 33.0 Å². The summed E-state index contributed by atoms with van der Waals surface area (Å²) in [7, 11) is 0. The van der Waals surface area contributed by atoms with E-state index in [-0.39, 0.29) is 24.0 Å². The van der Waals surface area contributed by atoms with E-state index in [1.165, 1.54) is 4.90 Å². The molecule has 0 unspecified atom stereocenters. The van der Waals surface area contributed by atoms with Crippen LogP contribution in [0, 0.1) is 0 Å². The van der Waals surface area contributed by atoms with E-state index in [0.29, 0.717) is 43.5 Å². The maximum absolute atomic E-state index is 13.3. The van der Waals surface area contributed by atoms with Gasteiger partial charge >= 0.3 is 0 Å². The van der Waals surface area contributed by atoms with Crippen LogP contribution in [0.3, 0.4) is 0 Å². The lowest BCUT2D eigenvalue weighted by atomic mass is 9.95. The summed E-state index contributed by atoms with van der Waals surface area (Å²) in [6, 6.07) is 11.7. The predicted molar refractivity (Wildman–Crippen MR) is 137 cm³/mol. The Morgan fingerprint density at radius 1 is 1.03 bits per heavy atom. The third-order valence-corrected chi connectivity index (χ3v) is 6.99. The van der Waals surface area contributed by atoms with Crippen LogP contribution in [-0.2, 0) is 14.3 Å². The molecule has 8 nitrogen and oxygen atoms in total. The molecule has 3 aliphatic heterocycles. The molecule has 2 aromatic rings. The van der Waals surface area contributed by atoms with E-state index in [0.717, 1.165) is 43.4 Å². The number of ether oxygens (including phenoxy) is 4. The van der Waals surface area contributed by atoms with Gasteiger partial charge in [0, 0.05) is 18.7 Å². The van der Waals surface area contributed by atoms with Crippen molar-refractivity contribution in [1.82, 2.24) is 4.90 Å². The van der Waals surface area contributed by atoms with Crippen LogP contribution in [0.2, 0.25) is 0 Å². The number of unbranched alkanes of at least 4 members (excludes halogenated alkanes) is 2. The Balaban J connectivity index is 1.49. The van der Waals surface area contributed by atoms with E-state index < -0.39 is 17.7 Å². The summed E-state index contributed by atoms with van der Waals surface area (Å²) < 4.78 is 22.9. The van der Waals surface area contributed by atoms with Gasteiger partial charge in [0.1, 0.15) is 24.7 Å². The number of nitrogens with zero attached hydrogens (tertiary/aromatic N) is 1. The van der Waals surface area contributed by atoms with Gasteiger partial charge in [0.2, 0.25) is 0 Å². The second-order valence-electron chi connectivity index (χ2n) is 9.57. The number of ketones is 1. The number of hydrogen-bond acceptors (Lipinski definition) is 7. The minimum Gasteiger partial charge on any atom is -0.507 e. The van der Waals surface area contributed by atoms with Crippen molar-refractivity contribution in [2.24, 2.45) is 0 Å². The highest BCUT2D eigenvalue weighted by Gasteiger charge is 2.47. The lowest BCUT2D eigenvalue weighted by Crippen LogP contribution is -2.36. The first-order valence-electron chi connectivity index (χ1n) is 13.1. The lowest BCUT2D eigenvalue weighted by Gasteiger charge is -2.27. The van der Waals surface area contributed by atoms with Gasteiger partial charge in [-0.25, -0.2) is 0 Å². The van der Waals surface area contributed by atoms with Gasteiger partial charge in [-0.2, -0.15) is 0 Å². The second kappa shape index (κ2) is 11.3. The number of carbonyl (C=O) groups is 2. The van der Waals surface area contributed by atoms with E-state index in [9.17, 15) is 14.7 Å². The summed E-state index contributed by atoms with van der Waals surface area (Å²) in [4.78, 5) is 28.1. The van der Waals surface area contributed by atoms with Crippen LogP contribution in [0.15, 0.2) is 48.0 Å². The molecule has 0 bridgehead atoms. The van der Waals surface area contributed by atoms with Crippen molar-refractivity contribution in [3.63, 3.8) is 0 Å². The Morgan fingerprint density at radius 2 is 1.81 bits per heavy atom. The highest BCUT2D eigenvalue weighted by Crippen LogP contribution is 2.42. The Kier molecular flexibility index (Phi) is 7.65. The third-order valence-electron chi connectivity index (χ3n) is 6.99. The summed E-state index contributed by atoms with van der Waals surface area (Å²) in [5, 5.41) is 11.4. The van der Waals surface area contributed by atoms with E-state index in [1.54, 1.807) is 18.2 Å². The molecule has 1 amide bonds. The molecule has 196 valence electrons. The van der Waals surface area contributed by atoms with Gasteiger partial charge in [0.25, 0.3) is 11.7 Å². The summed E-state index contributed by atoms with van der Waals surface area (Å²) in [6.45, 7) is 4.55. The van der Waals surface area contributed by atoms with Crippen LogP contribution in [0.5, 0.6) is 17.2 Å². The molecule has 2 aromatic carbocycles. The molecule has 8 heteroatoms. The van der Waals surface area contributed by atoms with Crippen molar-refractivity contribution < 1.29 is 33.6 Å². The minimum atomic E-state index is -0.744. The maximum Gasteiger partial charge on any atom is 0.295 e. The van der Waals surface area contributed by atoms with Crippen LogP contribution in [0.1, 0.15) is 56.2 Å². The van der Waals surface area contributed by atoms with Gasteiger partial charge in [0.15, 0.2) is 11.5 Å². The average Bonchev–Trinajstić information content (AvgIpc) is 3.53. The lowest BCUT2D eigenvalue weighted by molar-refractivity contribution is -0.140. The number of likely N-dealkylation sites (tertiary alicyclic amines) is 1. The van der Waals surface area contributed by atoms with Gasteiger partial charge in [0.05, 0.1) is 24.3 Å². The molecule has 0 radical (unpaired) electrons. The number of aliphatic hydroxyl groups excluding tert-OH is 1. The fourth-order valence-corrected chi connectivity index (χ4v) is 5.06. The number of amides is 1. The number of aliphatic hydroxyl groups is 1. The second-order valence-corrected chi connectivity index (χ2v) is 9.57. The molecule has 2 fully saturated rings. The fraction of sp³-hybridized carbons (Fsp3) is 0.448. The van der Waals surface area contributed by atoms with Crippen molar-refractivity contribution in [1.29, 1.82) is 0 Å². The molecule has 0 aromatic heterocycles. The van der Waals surface area contributed by atoms with Crippen LogP contribution in [0.4, 0.5) is 0 Å². The van der Waals surface area contributed by atoms with Crippen molar-refractivity contribution in [2.45, 2.75) is 51.2 Å². The molecule has 1 N–H and O–H groups in total. The average molecular weight is 508 g/mol. The zero-order valence-corrected chi connectivity index (χ0v) is 21.1. The van der Waals surface area contributed by atoms with Crippen molar-refractivity contribution >= 4 is 17.4 Å². The monoisotopic (exact) mass is 507 g/mol. The molecular formula is C29H33NO7. The number of fused-ring (bicyclic) bond motifs is 1. The van der Waals surface area contributed by atoms with Gasteiger partial charge in [-0.1, -0.05) is 31.9 Å². The van der Waals surface area contributed by atoms with Crippen molar-refractivity contribution in [3.8, 4) is 17.2 Å². The molecule has 3 heterocycles. The predicted octanol–water partition coefficient (Wildman–Crippen LogP) is 4.63. The Morgan fingerprint density at radius 3 is 2.54 bits per heavy atom. The van der Waals surface area contributed by atoms with Crippen LogP contribution in [-0.4, -0.2) is 60.8 Å². The fourth-order valence-electron chi connectivity index (χ4n) is 5.06. The van der Waals surface area contributed by atoms with E-state index in [4.69, 9.17) is 18.9 Å². The molecule has 2 atom stereocenters. The van der Waals surface area contributed by atoms with Crippen LogP contribution < -0.4 is 14.2 Å². The normalized spacial score (nSPS) is 22.5. The van der Waals surface area contributed by atoms with Crippen LogP contribution in [0.25, 0.3) is 5.76 Å². The van der Waals surface area contributed by atoms with E-state index in [1.807, 2.05) is 24.3 Å². The molecule has 3 aliphatic rings. The smallest absolute Gasteiger partial charge is 0.295 e. The number of Topliss-reactive ketones (excluding diaryl/α,β-unsaturated/α-hetero) is 1. The summed E-state index contributed by atoms with van der Waals surface area (Å²) in [5.74, 6) is 0.199. The standard InChI is InChI=1S/C29H33NO7/c1-2-3-4-13-34-21-10-7-19(8-11-21)26-25(28(32)29(33)30(26)18-22-6-5-14-35-22)27(31)20-9-12-23-24(17-20)37-16-15-36-23/h7-12,17,22,26,31H,2-6,13-16,18H2,1H3/t22-,26+/m1/s1. The SMILES string of the molecule is CCCCCOc1ccc([C@H]2C(=C(O)c3ccc4c(c3)OCCO4)C(=O)C(=O)N2C[C@H]2CCCO2)cc1. The largest absolute Gasteiger partial charge is 0.507 e. The first-order chi connectivity index (χ1) is 18.1. The number of carbonyl (C=O) groups excluding carboxylic acids is 2. The number of benzene rings is 2. The highest BCUT2D eigenvalue weighted by molar-refractivity contribution is 6.46. The van der Waals surface area contributed by atoms with Crippen molar-refractivity contribution in [3.05, 3.63) is 59.2 Å². The van der Waals surface area contributed by atoms with E-state index >= 15 is 0 Å². The number of hydrogen-bond donors (Lipinski definition) is 1. The Hall–Kier alpha value is -3.52. The number of rotatable bonds is 9. The zero-order chi connectivity index (χ0) is 25.8. The summed E-state index contributed by atoms with van der Waals surface area (Å²) in [6.07, 6.45) is 4.80. The molecular weight excluding hydrogens is 474 g/mol. The summed E-state index contributed by atoms with van der Waals surface area (Å²) >= 11 is 0. The summed E-state index contributed by atoms with van der Waals surface area (Å²) in [5.41, 5.74) is 1.16. The first kappa shape index (κ1) is 25.1. The van der Waals surface area contributed by atoms with Gasteiger partial charge < -0.3 is 29.0 Å². The molecule has 0 aliphatic carbocycles. The first-order valence-corrected chi connectivity index (χ1v) is 13.1. The van der Waals surface area contributed by atoms with Gasteiger partial charge in [-0.15, -0.1) is 0 Å². The Bertz CT molecular complexity index is 1170. The molecule has 2 saturated heterocycles.